The first-order valence-electron chi connectivity index (χ1n) is 4.94. The predicted molar refractivity (Wildman–Crippen MR) is 60.1 cm³/mol. The molecular formula is C11H11BrO4. The number of ether oxygens (including phenoxy) is 2. The van der Waals surface area contributed by atoms with E-state index in [0.29, 0.717) is 24.3 Å². The number of hydrogen-bond donors (Lipinski definition) is 1. The fraction of sp³-hybridized carbons (Fsp3) is 0.364. The van der Waals surface area contributed by atoms with Crippen molar-refractivity contribution >= 4 is 21.9 Å². The second-order valence-electron chi connectivity index (χ2n) is 3.45. The van der Waals surface area contributed by atoms with Gasteiger partial charge < -0.3 is 14.6 Å². The van der Waals surface area contributed by atoms with Crippen molar-refractivity contribution in [1.29, 1.82) is 0 Å². The van der Waals surface area contributed by atoms with Crippen LogP contribution in [0.15, 0.2) is 22.7 Å². The first-order valence-corrected chi connectivity index (χ1v) is 5.73. The molecule has 86 valence electrons. The number of aliphatic hydroxyl groups is 1. The quantitative estimate of drug-likeness (QED) is 0.859. The van der Waals surface area contributed by atoms with Crippen LogP contribution in [0.4, 0.5) is 0 Å². The molecule has 0 aromatic heterocycles. The lowest BCUT2D eigenvalue weighted by Gasteiger charge is -2.14. The molecule has 1 heterocycles. The monoisotopic (exact) mass is 286 g/mol. The van der Waals surface area contributed by atoms with Gasteiger partial charge in [-0.25, -0.2) is 4.79 Å². The Kier molecular flexibility index (Phi) is 3.46. The van der Waals surface area contributed by atoms with E-state index in [2.05, 4.69) is 15.9 Å². The van der Waals surface area contributed by atoms with Gasteiger partial charge in [0.25, 0.3) is 0 Å². The minimum absolute atomic E-state index is 0.128. The van der Waals surface area contributed by atoms with Crippen LogP contribution in [0.1, 0.15) is 12.0 Å². The zero-order valence-electron chi connectivity index (χ0n) is 8.48. The molecule has 1 fully saturated rings. The van der Waals surface area contributed by atoms with Gasteiger partial charge in [-0.05, 0) is 22.0 Å². The molecule has 1 saturated heterocycles. The molecule has 0 amide bonds. The van der Waals surface area contributed by atoms with E-state index < -0.39 is 6.10 Å². The van der Waals surface area contributed by atoms with Crippen molar-refractivity contribution in [2.75, 3.05) is 6.61 Å². The van der Waals surface area contributed by atoms with Crippen molar-refractivity contribution in [2.45, 2.75) is 19.1 Å². The topological polar surface area (TPSA) is 55.8 Å². The Morgan fingerprint density at radius 1 is 1.56 bits per heavy atom. The van der Waals surface area contributed by atoms with Crippen LogP contribution in [0.2, 0.25) is 0 Å². The summed E-state index contributed by atoms with van der Waals surface area (Å²) in [5.74, 6) is 0.161. The van der Waals surface area contributed by atoms with Crippen molar-refractivity contribution in [1.82, 2.24) is 0 Å². The highest BCUT2D eigenvalue weighted by atomic mass is 79.9. The Balaban J connectivity index is 2.22. The smallest absolute Gasteiger partial charge is 0.347 e. The average Bonchev–Trinajstić information content (AvgIpc) is 2.67. The number of carbonyl (C=O) groups excluding carboxylic acids is 1. The van der Waals surface area contributed by atoms with Crippen LogP contribution in [0.3, 0.4) is 0 Å². The molecular weight excluding hydrogens is 276 g/mol. The normalized spacial score (nSPS) is 19.6. The predicted octanol–water partition coefficient (Wildman–Crippen LogP) is 1.64. The number of benzene rings is 1. The molecule has 1 aliphatic rings. The van der Waals surface area contributed by atoms with Crippen LogP contribution in [0, 0.1) is 0 Å². The van der Waals surface area contributed by atoms with Gasteiger partial charge >= 0.3 is 5.97 Å². The molecule has 0 saturated carbocycles. The summed E-state index contributed by atoms with van der Waals surface area (Å²) in [5.41, 5.74) is 0.647. The van der Waals surface area contributed by atoms with Crippen LogP contribution >= 0.6 is 15.9 Å². The summed E-state index contributed by atoms with van der Waals surface area (Å²) >= 11 is 3.33. The van der Waals surface area contributed by atoms with Gasteiger partial charge in [0, 0.05) is 12.0 Å². The number of aliphatic hydroxyl groups excluding tert-OH is 1. The lowest BCUT2D eigenvalue weighted by atomic mass is 10.2. The van der Waals surface area contributed by atoms with Gasteiger partial charge in [-0.2, -0.15) is 0 Å². The maximum absolute atomic E-state index is 11.3. The van der Waals surface area contributed by atoms with E-state index >= 15 is 0 Å². The summed E-state index contributed by atoms with van der Waals surface area (Å²) in [4.78, 5) is 11.3. The SMILES string of the molecule is O=C1OCCC1Oc1c(Br)cccc1CO. The van der Waals surface area contributed by atoms with Gasteiger partial charge in [0.05, 0.1) is 17.7 Å². The number of rotatable bonds is 3. The molecule has 0 aliphatic carbocycles. The number of halogens is 1. The van der Waals surface area contributed by atoms with Gasteiger partial charge in [-0.15, -0.1) is 0 Å². The standard InChI is InChI=1S/C11H11BrO4/c12-8-3-1-2-7(6-13)10(8)16-9-4-5-15-11(9)14/h1-3,9,13H,4-6H2. The van der Waals surface area contributed by atoms with Gasteiger partial charge in [0.15, 0.2) is 6.10 Å². The van der Waals surface area contributed by atoms with E-state index in [-0.39, 0.29) is 12.6 Å². The van der Waals surface area contributed by atoms with Crippen LogP contribution in [0.25, 0.3) is 0 Å². The van der Waals surface area contributed by atoms with Crippen molar-refractivity contribution < 1.29 is 19.4 Å². The van der Waals surface area contributed by atoms with Crippen LogP contribution in [-0.4, -0.2) is 23.8 Å². The molecule has 1 N–H and O–H groups in total. The zero-order chi connectivity index (χ0) is 11.5. The first-order chi connectivity index (χ1) is 7.72. The third-order valence-electron chi connectivity index (χ3n) is 2.37. The molecule has 0 bridgehead atoms. The van der Waals surface area contributed by atoms with Crippen LogP contribution in [0.5, 0.6) is 5.75 Å². The molecule has 4 nitrogen and oxygen atoms in total. The first kappa shape index (κ1) is 11.4. The van der Waals surface area contributed by atoms with Crippen LogP contribution < -0.4 is 4.74 Å². The minimum atomic E-state index is -0.566. The van der Waals surface area contributed by atoms with Crippen molar-refractivity contribution in [2.24, 2.45) is 0 Å². The third kappa shape index (κ3) is 2.20. The number of hydrogen-bond acceptors (Lipinski definition) is 4. The van der Waals surface area contributed by atoms with E-state index in [1.165, 1.54) is 0 Å². The molecule has 2 rings (SSSR count). The number of carbonyl (C=O) groups is 1. The van der Waals surface area contributed by atoms with E-state index in [9.17, 15) is 4.79 Å². The molecule has 1 aromatic carbocycles. The van der Waals surface area contributed by atoms with Gasteiger partial charge in [-0.3, -0.25) is 0 Å². The Morgan fingerprint density at radius 3 is 3.00 bits per heavy atom. The highest BCUT2D eigenvalue weighted by Gasteiger charge is 2.29. The van der Waals surface area contributed by atoms with Gasteiger partial charge in [0.2, 0.25) is 0 Å². The second-order valence-corrected chi connectivity index (χ2v) is 4.30. The largest absolute Gasteiger partial charge is 0.477 e. The summed E-state index contributed by atoms with van der Waals surface area (Å²) in [6.07, 6.45) is -0.0191. The highest BCUT2D eigenvalue weighted by Crippen LogP contribution is 2.31. The summed E-state index contributed by atoms with van der Waals surface area (Å²) in [7, 11) is 0. The van der Waals surface area contributed by atoms with E-state index in [4.69, 9.17) is 14.6 Å². The molecule has 0 spiro atoms. The summed E-state index contributed by atoms with van der Waals surface area (Å²) in [6.45, 7) is 0.263. The fourth-order valence-corrected chi connectivity index (χ4v) is 2.04. The second kappa shape index (κ2) is 4.84. The maximum Gasteiger partial charge on any atom is 0.347 e. The Hall–Kier alpha value is -1.07. The summed E-state index contributed by atoms with van der Waals surface area (Å²) < 4.78 is 11.1. The molecule has 0 radical (unpaired) electrons. The Bertz CT molecular complexity index is 405. The van der Waals surface area contributed by atoms with Gasteiger partial charge in [-0.1, -0.05) is 12.1 Å². The summed E-state index contributed by atoms with van der Waals surface area (Å²) in [6, 6.07) is 5.35. The molecule has 16 heavy (non-hydrogen) atoms. The number of esters is 1. The average molecular weight is 287 g/mol. The van der Waals surface area contributed by atoms with Crippen LogP contribution in [-0.2, 0) is 16.1 Å². The van der Waals surface area contributed by atoms with Crippen molar-refractivity contribution in [3.8, 4) is 5.75 Å². The maximum atomic E-state index is 11.3. The number of para-hydroxylation sites is 1. The fourth-order valence-electron chi connectivity index (χ4n) is 1.54. The van der Waals surface area contributed by atoms with E-state index in [1.54, 1.807) is 18.2 Å². The minimum Gasteiger partial charge on any atom is -0.477 e. The molecule has 1 atom stereocenters. The molecule has 1 unspecified atom stereocenters. The Morgan fingerprint density at radius 2 is 2.38 bits per heavy atom. The third-order valence-corrected chi connectivity index (χ3v) is 2.99. The molecule has 1 aliphatic heterocycles. The number of cyclic esters (lactones) is 1. The lowest BCUT2D eigenvalue weighted by molar-refractivity contribution is -0.143. The summed E-state index contributed by atoms with van der Waals surface area (Å²) in [5, 5.41) is 9.17. The van der Waals surface area contributed by atoms with E-state index in [1.807, 2.05) is 0 Å². The zero-order valence-corrected chi connectivity index (χ0v) is 10.1. The molecule has 1 aromatic rings. The van der Waals surface area contributed by atoms with Crippen molar-refractivity contribution in [3.63, 3.8) is 0 Å². The Labute approximate surface area is 101 Å². The van der Waals surface area contributed by atoms with Crippen molar-refractivity contribution in [3.05, 3.63) is 28.2 Å². The highest BCUT2D eigenvalue weighted by molar-refractivity contribution is 9.10. The van der Waals surface area contributed by atoms with Gasteiger partial charge in [0.1, 0.15) is 5.75 Å². The molecule has 5 heteroatoms. The van der Waals surface area contributed by atoms with E-state index in [0.717, 1.165) is 4.47 Å². The lowest BCUT2D eigenvalue weighted by Crippen LogP contribution is -2.22.